The zero-order valence-electron chi connectivity index (χ0n) is 7.75. The number of aliphatic hydroxyl groups is 1. The SMILES string of the molecule is CC1(CCOP)CCCC(O)C1. The fourth-order valence-electron chi connectivity index (χ4n) is 2.07. The second-order valence-electron chi connectivity index (χ2n) is 4.18. The molecule has 1 fully saturated rings. The van der Waals surface area contributed by atoms with Crippen molar-refractivity contribution in [2.45, 2.75) is 45.1 Å². The van der Waals surface area contributed by atoms with Gasteiger partial charge in [0, 0.05) is 9.47 Å². The van der Waals surface area contributed by atoms with Crippen LogP contribution in [-0.2, 0) is 4.52 Å². The Morgan fingerprint density at radius 1 is 1.67 bits per heavy atom. The van der Waals surface area contributed by atoms with Gasteiger partial charge in [-0.15, -0.1) is 0 Å². The van der Waals surface area contributed by atoms with Crippen molar-refractivity contribution in [3.8, 4) is 0 Å². The first-order valence-corrected chi connectivity index (χ1v) is 5.13. The fraction of sp³-hybridized carbons (Fsp3) is 1.00. The minimum absolute atomic E-state index is 0.0757. The Labute approximate surface area is 77.0 Å². The second kappa shape index (κ2) is 4.55. The molecule has 72 valence electrons. The molecule has 1 rings (SSSR count). The van der Waals surface area contributed by atoms with Crippen LogP contribution in [0.5, 0.6) is 0 Å². The average Bonchev–Trinajstić information content (AvgIpc) is 2.01. The molecule has 1 aliphatic carbocycles. The summed E-state index contributed by atoms with van der Waals surface area (Å²) in [7, 11) is 2.28. The lowest BCUT2D eigenvalue weighted by atomic mass is 9.72. The van der Waals surface area contributed by atoms with Gasteiger partial charge in [-0.3, -0.25) is 0 Å². The molecule has 3 heteroatoms. The van der Waals surface area contributed by atoms with E-state index in [1.54, 1.807) is 0 Å². The van der Waals surface area contributed by atoms with Crippen molar-refractivity contribution in [2.75, 3.05) is 6.61 Å². The molecule has 1 aliphatic rings. The van der Waals surface area contributed by atoms with Crippen molar-refractivity contribution in [1.82, 2.24) is 0 Å². The highest BCUT2D eigenvalue weighted by molar-refractivity contribution is 7.09. The van der Waals surface area contributed by atoms with Gasteiger partial charge in [0.1, 0.15) is 0 Å². The summed E-state index contributed by atoms with van der Waals surface area (Å²) >= 11 is 0. The zero-order chi connectivity index (χ0) is 9.03. The van der Waals surface area contributed by atoms with Gasteiger partial charge in [0.25, 0.3) is 0 Å². The topological polar surface area (TPSA) is 29.5 Å². The van der Waals surface area contributed by atoms with Crippen LogP contribution < -0.4 is 0 Å². The van der Waals surface area contributed by atoms with E-state index in [0.717, 1.165) is 32.3 Å². The van der Waals surface area contributed by atoms with Gasteiger partial charge in [-0.25, -0.2) is 0 Å². The van der Waals surface area contributed by atoms with Gasteiger partial charge in [-0.1, -0.05) is 13.3 Å². The molecule has 0 radical (unpaired) electrons. The van der Waals surface area contributed by atoms with E-state index in [1.165, 1.54) is 6.42 Å². The van der Waals surface area contributed by atoms with E-state index in [1.807, 2.05) is 0 Å². The lowest BCUT2D eigenvalue weighted by molar-refractivity contribution is 0.0452. The van der Waals surface area contributed by atoms with E-state index in [0.29, 0.717) is 5.41 Å². The highest BCUT2D eigenvalue weighted by atomic mass is 31.0. The third-order valence-electron chi connectivity index (χ3n) is 2.87. The molecular formula is C9H19O2P. The van der Waals surface area contributed by atoms with Gasteiger partial charge < -0.3 is 9.63 Å². The number of hydrogen-bond donors (Lipinski definition) is 1. The maximum atomic E-state index is 9.50. The summed E-state index contributed by atoms with van der Waals surface area (Å²) in [5.41, 5.74) is 0.314. The molecule has 1 saturated carbocycles. The minimum Gasteiger partial charge on any atom is -0.393 e. The third kappa shape index (κ3) is 3.01. The van der Waals surface area contributed by atoms with Crippen LogP contribution in [0.4, 0.5) is 0 Å². The van der Waals surface area contributed by atoms with E-state index >= 15 is 0 Å². The van der Waals surface area contributed by atoms with Crippen LogP contribution in [-0.4, -0.2) is 17.8 Å². The highest BCUT2D eigenvalue weighted by Crippen LogP contribution is 2.38. The largest absolute Gasteiger partial charge is 0.393 e. The molecule has 0 aliphatic heterocycles. The van der Waals surface area contributed by atoms with E-state index in [4.69, 9.17) is 4.52 Å². The normalized spacial score (nSPS) is 36.8. The molecule has 3 atom stereocenters. The smallest absolute Gasteiger partial charge is 0.0545 e. The zero-order valence-corrected chi connectivity index (χ0v) is 8.91. The van der Waals surface area contributed by atoms with E-state index in [-0.39, 0.29) is 6.10 Å². The van der Waals surface area contributed by atoms with Crippen molar-refractivity contribution < 1.29 is 9.63 Å². The molecule has 0 heterocycles. The molecule has 0 aromatic heterocycles. The van der Waals surface area contributed by atoms with E-state index < -0.39 is 0 Å². The average molecular weight is 190 g/mol. The van der Waals surface area contributed by atoms with Crippen LogP contribution in [0, 0.1) is 5.41 Å². The summed E-state index contributed by atoms with van der Waals surface area (Å²) in [6.07, 6.45) is 5.31. The molecule has 0 amide bonds. The molecule has 0 aromatic rings. The Morgan fingerprint density at radius 3 is 3.00 bits per heavy atom. The van der Waals surface area contributed by atoms with Crippen molar-refractivity contribution in [3.05, 3.63) is 0 Å². The van der Waals surface area contributed by atoms with Crippen LogP contribution in [0.3, 0.4) is 0 Å². The summed E-state index contributed by atoms with van der Waals surface area (Å²) in [5.74, 6) is 0. The van der Waals surface area contributed by atoms with Crippen LogP contribution in [0.1, 0.15) is 39.0 Å². The van der Waals surface area contributed by atoms with Gasteiger partial charge >= 0.3 is 0 Å². The van der Waals surface area contributed by atoms with Crippen molar-refractivity contribution in [3.63, 3.8) is 0 Å². The van der Waals surface area contributed by atoms with Gasteiger partial charge in [-0.05, 0) is 31.1 Å². The molecular weight excluding hydrogens is 171 g/mol. The number of rotatable bonds is 3. The standard InChI is InChI=1S/C9H19O2P/c1-9(5-6-11-12)4-2-3-8(10)7-9/h8,10H,2-7,12H2,1H3. The quantitative estimate of drug-likeness (QED) is 0.691. The Bertz CT molecular complexity index is 140. The molecule has 2 nitrogen and oxygen atoms in total. The Balaban J connectivity index is 2.35. The molecule has 0 aromatic carbocycles. The van der Waals surface area contributed by atoms with Gasteiger partial charge in [-0.2, -0.15) is 0 Å². The number of hydrogen-bond acceptors (Lipinski definition) is 2. The fourth-order valence-corrected chi connectivity index (χ4v) is 2.19. The van der Waals surface area contributed by atoms with Crippen molar-refractivity contribution >= 4 is 9.47 Å². The lowest BCUT2D eigenvalue weighted by Crippen LogP contribution is -2.29. The summed E-state index contributed by atoms with van der Waals surface area (Å²) in [4.78, 5) is 0. The Hall–Kier alpha value is 0.350. The molecule has 12 heavy (non-hydrogen) atoms. The molecule has 0 bridgehead atoms. The maximum absolute atomic E-state index is 9.50. The number of aliphatic hydroxyl groups excluding tert-OH is 1. The Morgan fingerprint density at radius 2 is 2.42 bits per heavy atom. The van der Waals surface area contributed by atoms with Crippen LogP contribution in [0.15, 0.2) is 0 Å². The summed E-state index contributed by atoms with van der Waals surface area (Å²) in [6, 6.07) is 0. The molecule has 0 spiro atoms. The van der Waals surface area contributed by atoms with Crippen molar-refractivity contribution in [1.29, 1.82) is 0 Å². The third-order valence-corrected chi connectivity index (χ3v) is 3.11. The molecule has 0 saturated heterocycles. The van der Waals surface area contributed by atoms with Gasteiger partial charge in [0.15, 0.2) is 0 Å². The lowest BCUT2D eigenvalue weighted by Gasteiger charge is -2.36. The van der Waals surface area contributed by atoms with Crippen LogP contribution in [0.2, 0.25) is 0 Å². The molecule has 3 unspecified atom stereocenters. The monoisotopic (exact) mass is 190 g/mol. The summed E-state index contributed by atoms with van der Waals surface area (Å²) in [6.45, 7) is 3.03. The van der Waals surface area contributed by atoms with E-state index in [2.05, 4.69) is 16.4 Å². The minimum atomic E-state index is -0.0757. The summed E-state index contributed by atoms with van der Waals surface area (Å²) < 4.78 is 4.98. The first kappa shape index (κ1) is 10.4. The van der Waals surface area contributed by atoms with Crippen molar-refractivity contribution in [2.24, 2.45) is 5.41 Å². The predicted octanol–water partition coefficient (Wildman–Crippen LogP) is 2.12. The summed E-state index contributed by atoms with van der Waals surface area (Å²) in [5, 5.41) is 9.50. The van der Waals surface area contributed by atoms with Gasteiger partial charge in [0.05, 0.1) is 12.7 Å². The van der Waals surface area contributed by atoms with Crippen LogP contribution >= 0.6 is 9.47 Å². The highest BCUT2D eigenvalue weighted by Gasteiger charge is 2.30. The second-order valence-corrected chi connectivity index (χ2v) is 4.51. The van der Waals surface area contributed by atoms with E-state index in [9.17, 15) is 5.11 Å². The predicted molar refractivity (Wildman–Crippen MR) is 52.9 cm³/mol. The Kier molecular flexibility index (Phi) is 3.95. The van der Waals surface area contributed by atoms with Gasteiger partial charge in [0.2, 0.25) is 0 Å². The maximum Gasteiger partial charge on any atom is 0.0545 e. The van der Waals surface area contributed by atoms with Crippen LogP contribution in [0.25, 0.3) is 0 Å². The first-order valence-electron chi connectivity index (χ1n) is 4.66. The first-order chi connectivity index (χ1) is 5.66. The molecule has 1 N–H and O–H groups in total.